The molecule has 9 heteroatoms. The first-order valence-corrected chi connectivity index (χ1v) is 5.53. The Morgan fingerprint density at radius 3 is 2.63 bits per heavy atom. The Bertz CT molecular complexity index is 361. The normalized spacial score (nSPS) is 27.3. The second-order valence-corrected chi connectivity index (χ2v) is 4.58. The van der Waals surface area contributed by atoms with Crippen LogP contribution in [0.4, 0.5) is 13.2 Å². The van der Waals surface area contributed by atoms with Gasteiger partial charge in [-0.2, -0.15) is 13.2 Å². The summed E-state index contributed by atoms with van der Waals surface area (Å²) < 4.78 is 40.5. The Labute approximate surface area is 107 Å². The van der Waals surface area contributed by atoms with Crippen LogP contribution in [0, 0.1) is 5.41 Å². The van der Waals surface area contributed by atoms with Gasteiger partial charge in [0.1, 0.15) is 5.41 Å². The average molecular weight is 284 g/mol. The van der Waals surface area contributed by atoms with Crippen LogP contribution < -0.4 is 10.6 Å². The van der Waals surface area contributed by atoms with Gasteiger partial charge in [-0.3, -0.25) is 9.59 Å². The van der Waals surface area contributed by atoms with Crippen molar-refractivity contribution in [2.75, 3.05) is 26.3 Å². The standard InChI is InChI=1S/C10H15F3N2O4/c1-9(8(17)18)5-19-3-6(9)15-7(16)2-14-4-10(11,12)13/h6,14H,2-5H2,1H3,(H,15,16)(H,17,18). The van der Waals surface area contributed by atoms with Gasteiger partial charge in [-0.25, -0.2) is 0 Å². The maximum absolute atomic E-state index is 11.8. The second kappa shape index (κ2) is 5.74. The number of carbonyl (C=O) groups is 2. The van der Waals surface area contributed by atoms with Crippen LogP contribution in [0.15, 0.2) is 0 Å². The largest absolute Gasteiger partial charge is 0.481 e. The molecule has 2 atom stereocenters. The number of aliphatic carboxylic acids is 1. The number of hydrogen-bond donors (Lipinski definition) is 3. The van der Waals surface area contributed by atoms with Crippen molar-refractivity contribution in [3.63, 3.8) is 0 Å². The Balaban J connectivity index is 2.42. The van der Waals surface area contributed by atoms with Crippen LogP contribution in [0.3, 0.4) is 0 Å². The number of rotatable bonds is 5. The van der Waals surface area contributed by atoms with Crippen LogP contribution in [0.1, 0.15) is 6.92 Å². The summed E-state index contributed by atoms with van der Waals surface area (Å²) in [4.78, 5) is 22.5. The number of halogens is 3. The van der Waals surface area contributed by atoms with E-state index in [0.717, 1.165) is 0 Å². The Kier molecular flexibility index (Phi) is 4.75. The molecular weight excluding hydrogens is 269 g/mol. The van der Waals surface area contributed by atoms with E-state index in [4.69, 9.17) is 9.84 Å². The van der Waals surface area contributed by atoms with Crippen molar-refractivity contribution >= 4 is 11.9 Å². The number of nitrogens with one attached hydrogen (secondary N) is 2. The predicted molar refractivity (Wildman–Crippen MR) is 57.4 cm³/mol. The van der Waals surface area contributed by atoms with Gasteiger partial charge in [-0.15, -0.1) is 0 Å². The SMILES string of the molecule is CC1(C(=O)O)COCC1NC(=O)CNCC(F)(F)F. The maximum atomic E-state index is 11.8. The van der Waals surface area contributed by atoms with Crippen LogP contribution in [-0.2, 0) is 14.3 Å². The molecular formula is C10H15F3N2O4. The zero-order chi connectivity index (χ0) is 14.7. The van der Waals surface area contributed by atoms with Gasteiger partial charge in [0.25, 0.3) is 0 Å². The summed E-state index contributed by atoms with van der Waals surface area (Å²) >= 11 is 0. The molecule has 1 aliphatic rings. The molecule has 110 valence electrons. The fraction of sp³-hybridized carbons (Fsp3) is 0.800. The lowest BCUT2D eigenvalue weighted by Gasteiger charge is -2.25. The predicted octanol–water partition coefficient (Wildman–Crippen LogP) is -0.256. The Hall–Kier alpha value is -1.35. The third-order valence-electron chi connectivity index (χ3n) is 2.89. The van der Waals surface area contributed by atoms with Crippen molar-refractivity contribution in [1.82, 2.24) is 10.6 Å². The maximum Gasteiger partial charge on any atom is 0.401 e. The number of carboxylic acid groups (broad SMARTS) is 1. The molecule has 0 spiro atoms. The van der Waals surface area contributed by atoms with Gasteiger partial charge in [0, 0.05) is 0 Å². The van der Waals surface area contributed by atoms with Crippen LogP contribution >= 0.6 is 0 Å². The average Bonchev–Trinajstić information content (AvgIpc) is 2.59. The number of carbonyl (C=O) groups excluding carboxylic acids is 1. The summed E-state index contributed by atoms with van der Waals surface area (Å²) in [6, 6.07) is -0.759. The van der Waals surface area contributed by atoms with Gasteiger partial charge >= 0.3 is 12.1 Å². The minimum atomic E-state index is -4.40. The summed E-state index contributed by atoms with van der Waals surface area (Å²) in [5.74, 6) is -1.83. The molecule has 19 heavy (non-hydrogen) atoms. The molecule has 3 N–H and O–H groups in total. The molecule has 1 aliphatic heterocycles. The Morgan fingerprint density at radius 1 is 1.47 bits per heavy atom. The summed E-state index contributed by atoms with van der Waals surface area (Å²) in [6.07, 6.45) is -4.40. The lowest BCUT2D eigenvalue weighted by atomic mass is 9.85. The fourth-order valence-corrected chi connectivity index (χ4v) is 1.65. The summed E-state index contributed by atoms with van der Waals surface area (Å²) in [5.41, 5.74) is -1.26. The molecule has 0 aromatic carbocycles. The van der Waals surface area contributed by atoms with E-state index in [1.54, 1.807) is 0 Å². The molecule has 0 aromatic heterocycles. The number of carboxylic acids is 1. The van der Waals surface area contributed by atoms with Gasteiger partial charge in [0.2, 0.25) is 5.91 Å². The van der Waals surface area contributed by atoms with Crippen molar-refractivity contribution in [2.45, 2.75) is 19.1 Å². The quantitative estimate of drug-likeness (QED) is 0.647. The van der Waals surface area contributed by atoms with E-state index in [9.17, 15) is 22.8 Å². The highest BCUT2D eigenvalue weighted by atomic mass is 19.4. The molecule has 0 bridgehead atoms. The van der Waals surface area contributed by atoms with E-state index in [-0.39, 0.29) is 13.2 Å². The molecule has 0 radical (unpaired) electrons. The topological polar surface area (TPSA) is 87.7 Å². The summed E-state index contributed by atoms with van der Waals surface area (Å²) in [7, 11) is 0. The van der Waals surface area contributed by atoms with Crippen molar-refractivity contribution in [3.05, 3.63) is 0 Å². The number of amides is 1. The Morgan fingerprint density at radius 2 is 2.11 bits per heavy atom. The summed E-state index contributed by atoms with van der Waals surface area (Å²) in [5, 5.41) is 13.3. The molecule has 1 amide bonds. The van der Waals surface area contributed by atoms with Crippen LogP contribution in [-0.4, -0.2) is 55.5 Å². The van der Waals surface area contributed by atoms with E-state index in [1.807, 2.05) is 5.32 Å². The van der Waals surface area contributed by atoms with E-state index in [2.05, 4.69) is 5.32 Å². The van der Waals surface area contributed by atoms with E-state index >= 15 is 0 Å². The van der Waals surface area contributed by atoms with E-state index in [1.165, 1.54) is 6.92 Å². The van der Waals surface area contributed by atoms with Gasteiger partial charge in [-0.1, -0.05) is 0 Å². The van der Waals surface area contributed by atoms with Crippen molar-refractivity contribution in [1.29, 1.82) is 0 Å². The molecule has 1 saturated heterocycles. The van der Waals surface area contributed by atoms with Crippen molar-refractivity contribution < 1.29 is 32.6 Å². The zero-order valence-electron chi connectivity index (χ0n) is 10.2. The third kappa shape index (κ3) is 4.35. The van der Waals surface area contributed by atoms with Gasteiger partial charge in [0.15, 0.2) is 0 Å². The molecule has 6 nitrogen and oxygen atoms in total. The summed E-state index contributed by atoms with van der Waals surface area (Å²) in [6.45, 7) is -0.434. The number of hydrogen-bond acceptors (Lipinski definition) is 4. The molecule has 2 unspecified atom stereocenters. The monoisotopic (exact) mass is 284 g/mol. The molecule has 0 saturated carbocycles. The zero-order valence-corrected chi connectivity index (χ0v) is 10.2. The lowest BCUT2D eigenvalue weighted by Crippen LogP contribution is -2.51. The van der Waals surface area contributed by atoms with Crippen LogP contribution in [0.5, 0.6) is 0 Å². The minimum Gasteiger partial charge on any atom is -0.481 e. The lowest BCUT2D eigenvalue weighted by molar-refractivity contribution is -0.149. The molecule has 1 fully saturated rings. The van der Waals surface area contributed by atoms with Gasteiger partial charge in [0.05, 0.1) is 32.3 Å². The smallest absolute Gasteiger partial charge is 0.401 e. The first-order chi connectivity index (χ1) is 8.65. The molecule has 1 rings (SSSR count). The minimum absolute atomic E-state index is 0.0216. The first-order valence-electron chi connectivity index (χ1n) is 5.53. The van der Waals surface area contributed by atoms with Gasteiger partial charge < -0.3 is 20.5 Å². The van der Waals surface area contributed by atoms with Gasteiger partial charge in [-0.05, 0) is 6.92 Å². The highest BCUT2D eigenvalue weighted by Gasteiger charge is 2.47. The molecule has 1 heterocycles. The van der Waals surface area contributed by atoms with E-state index in [0.29, 0.717) is 0 Å². The molecule has 0 aromatic rings. The second-order valence-electron chi connectivity index (χ2n) is 4.58. The van der Waals surface area contributed by atoms with E-state index < -0.39 is 42.6 Å². The molecule has 0 aliphatic carbocycles. The number of alkyl halides is 3. The van der Waals surface area contributed by atoms with Crippen LogP contribution in [0.2, 0.25) is 0 Å². The van der Waals surface area contributed by atoms with Crippen LogP contribution in [0.25, 0.3) is 0 Å². The fourth-order valence-electron chi connectivity index (χ4n) is 1.65. The number of ether oxygens (including phenoxy) is 1. The highest BCUT2D eigenvalue weighted by molar-refractivity contribution is 5.81. The first kappa shape index (κ1) is 15.7. The third-order valence-corrected chi connectivity index (χ3v) is 2.89. The van der Waals surface area contributed by atoms with Crippen molar-refractivity contribution in [3.8, 4) is 0 Å². The highest BCUT2D eigenvalue weighted by Crippen LogP contribution is 2.28. The van der Waals surface area contributed by atoms with Crippen molar-refractivity contribution in [2.24, 2.45) is 5.41 Å².